The molecule has 0 aliphatic carbocycles. The molecule has 1 aliphatic rings. The van der Waals surface area contributed by atoms with Gasteiger partial charge in [-0.3, -0.25) is 9.10 Å². The maximum absolute atomic E-state index is 12.5. The highest BCUT2D eigenvalue weighted by Gasteiger charge is 2.32. The summed E-state index contributed by atoms with van der Waals surface area (Å²) in [6.07, 6.45) is 2.72. The summed E-state index contributed by atoms with van der Waals surface area (Å²) in [6.45, 7) is 3.94. The summed E-state index contributed by atoms with van der Waals surface area (Å²) < 4.78 is 25.4. The molecule has 1 aliphatic heterocycles. The van der Waals surface area contributed by atoms with Gasteiger partial charge in [-0.2, -0.15) is 0 Å². The average Bonchev–Trinajstić information content (AvgIpc) is 2.89. The van der Waals surface area contributed by atoms with Crippen molar-refractivity contribution >= 4 is 27.3 Å². The van der Waals surface area contributed by atoms with E-state index in [9.17, 15) is 13.2 Å². The summed E-state index contributed by atoms with van der Waals surface area (Å²) in [4.78, 5) is 12.5. The van der Waals surface area contributed by atoms with Crippen molar-refractivity contribution in [3.8, 4) is 0 Å². The highest BCUT2D eigenvalue weighted by molar-refractivity contribution is 7.92. The Morgan fingerprint density at radius 2 is 2.00 bits per heavy atom. The van der Waals surface area contributed by atoms with Gasteiger partial charge < -0.3 is 5.32 Å². The molecule has 0 radical (unpaired) electrons. The first kappa shape index (κ1) is 17.5. The molecule has 2 aromatic rings. The normalized spacial score (nSPS) is 16.6. The maximum Gasteiger partial charge on any atom is 0.255 e. The van der Waals surface area contributed by atoms with Crippen molar-refractivity contribution in [3.05, 3.63) is 59.2 Å². The molecule has 132 valence electrons. The predicted octanol–water partition coefficient (Wildman–Crippen LogP) is 3.21. The molecule has 0 bridgehead atoms. The second-order valence-electron chi connectivity index (χ2n) is 6.46. The third-order valence-electron chi connectivity index (χ3n) is 4.45. The summed E-state index contributed by atoms with van der Waals surface area (Å²) in [5.41, 5.74) is 4.00. The van der Waals surface area contributed by atoms with Gasteiger partial charge in [0.05, 0.1) is 11.9 Å². The van der Waals surface area contributed by atoms with E-state index in [-0.39, 0.29) is 11.9 Å². The molecular weight excluding hydrogens is 336 g/mol. The topological polar surface area (TPSA) is 66.5 Å². The number of fused-ring (bicyclic) bond motifs is 1. The van der Waals surface area contributed by atoms with Crippen LogP contribution in [0, 0.1) is 0 Å². The van der Waals surface area contributed by atoms with Gasteiger partial charge >= 0.3 is 0 Å². The van der Waals surface area contributed by atoms with Crippen molar-refractivity contribution in [3.63, 3.8) is 0 Å². The van der Waals surface area contributed by atoms with E-state index in [0.717, 1.165) is 23.2 Å². The Hall–Kier alpha value is -2.34. The fourth-order valence-electron chi connectivity index (χ4n) is 3.32. The molecule has 5 nitrogen and oxygen atoms in total. The molecule has 0 saturated carbocycles. The molecule has 0 aromatic heterocycles. The van der Waals surface area contributed by atoms with Crippen molar-refractivity contribution < 1.29 is 13.2 Å². The lowest BCUT2D eigenvalue weighted by Gasteiger charge is -2.21. The number of hydrogen-bond donors (Lipinski definition) is 1. The average molecular weight is 358 g/mol. The molecule has 25 heavy (non-hydrogen) atoms. The minimum Gasteiger partial charge on any atom is -0.322 e. The van der Waals surface area contributed by atoms with Crippen LogP contribution in [0.25, 0.3) is 0 Å². The first-order chi connectivity index (χ1) is 11.8. The van der Waals surface area contributed by atoms with Gasteiger partial charge in [0.25, 0.3) is 5.91 Å². The van der Waals surface area contributed by atoms with Crippen LogP contribution in [0.3, 0.4) is 0 Å². The molecule has 3 rings (SSSR count). The molecule has 2 aromatic carbocycles. The van der Waals surface area contributed by atoms with Gasteiger partial charge in [0.1, 0.15) is 0 Å². The van der Waals surface area contributed by atoms with Crippen molar-refractivity contribution in [1.82, 2.24) is 0 Å². The summed E-state index contributed by atoms with van der Waals surface area (Å²) >= 11 is 0. The summed E-state index contributed by atoms with van der Waals surface area (Å²) in [5, 5.41) is 2.91. The molecule has 6 heteroatoms. The van der Waals surface area contributed by atoms with Crippen LogP contribution in [0.4, 0.5) is 11.4 Å². The van der Waals surface area contributed by atoms with Crippen LogP contribution in [-0.4, -0.2) is 26.6 Å². The molecule has 1 atom stereocenters. The quantitative estimate of drug-likeness (QED) is 0.913. The molecule has 1 heterocycles. The zero-order valence-electron chi connectivity index (χ0n) is 14.6. The minimum absolute atomic E-state index is 0.135. The Balaban J connectivity index is 1.85. The van der Waals surface area contributed by atoms with Crippen molar-refractivity contribution in [2.24, 2.45) is 0 Å². The number of carbonyl (C=O) groups excluding carboxylic acids is 1. The molecule has 1 amide bonds. The number of anilines is 2. The fraction of sp³-hybridized carbons (Fsp3) is 0.316. The first-order valence-corrected chi connectivity index (χ1v) is 10.2. The zero-order valence-corrected chi connectivity index (χ0v) is 15.4. The van der Waals surface area contributed by atoms with Gasteiger partial charge in [-0.05, 0) is 61.2 Å². The van der Waals surface area contributed by atoms with Crippen molar-refractivity contribution in [1.29, 1.82) is 0 Å². The number of benzene rings is 2. The second-order valence-corrected chi connectivity index (χ2v) is 8.32. The molecule has 0 fully saturated rings. The van der Waals surface area contributed by atoms with Gasteiger partial charge in [-0.1, -0.05) is 19.1 Å². The van der Waals surface area contributed by atoms with E-state index in [4.69, 9.17) is 0 Å². The van der Waals surface area contributed by atoms with Crippen LogP contribution in [0.5, 0.6) is 0 Å². The van der Waals surface area contributed by atoms with Crippen LogP contribution >= 0.6 is 0 Å². The zero-order chi connectivity index (χ0) is 18.2. The number of nitrogens with zero attached hydrogens (tertiary/aromatic N) is 1. The van der Waals surface area contributed by atoms with Crippen LogP contribution in [0.15, 0.2) is 42.5 Å². The number of carbonyl (C=O) groups is 1. The minimum atomic E-state index is -3.32. The summed E-state index contributed by atoms with van der Waals surface area (Å²) in [7, 11) is -3.32. The first-order valence-electron chi connectivity index (χ1n) is 8.32. The molecular formula is C19H22N2O3S. The summed E-state index contributed by atoms with van der Waals surface area (Å²) in [6, 6.07) is 12.8. The molecule has 1 N–H and O–H groups in total. The SMILES string of the molecule is CCc1cccc(NC(=O)c2ccc3c(c2)C[C@@H](C)N3S(C)(=O)=O)c1. The number of aryl methyl sites for hydroxylation is 1. The Morgan fingerprint density at radius 3 is 2.68 bits per heavy atom. The Kier molecular flexibility index (Phi) is 4.56. The van der Waals surface area contributed by atoms with E-state index in [1.165, 1.54) is 10.6 Å². The number of amides is 1. The van der Waals surface area contributed by atoms with Crippen molar-refractivity contribution in [2.45, 2.75) is 32.7 Å². The Bertz CT molecular complexity index is 922. The van der Waals surface area contributed by atoms with Gasteiger partial charge in [0.2, 0.25) is 10.0 Å². The number of sulfonamides is 1. The van der Waals surface area contributed by atoms with Crippen LogP contribution in [0.2, 0.25) is 0 Å². The monoisotopic (exact) mass is 358 g/mol. The molecule has 0 unspecified atom stereocenters. The maximum atomic E-state index is 12.5. The van der Waals surface area contributed by atoms with E-state index in [0.29, 0.717) is 17.7 Å². The smallest absolute Gasteiger partial charge is 0.255 e. The van der Waals surface area contributed by atoms with Gasteiger partial charge in [-0.25, -0.2) is 8.42 Å². The van der Waals surface area contributed by atoms with Crippen LogP contribution in [-0.2, 0) is 22.9 Å². The van der Waals surface area contributed by atoms with Crippen molar-refractivity contribution in [2.75, 3.05) is 15.9 Å². The fourth-order valence-corrected chi connectivity index (χ4v) is 4.59. The van der Waals surface area contributed by atoms with E-state index in [1.807, 2.05) is 31.2 Å². The predicted molar refractivity (Wildman–Crippen MR) is 101 cm³/mol. The van der Waals surface area contributed by atoms with Gasteiger partial charge in [-0.15, -0.1) is 0 Å². The molecule has 0 spiro atoms. The van der Waals surface area contributed by atoms with E-state index < -0.39 is 10.0 Å². The van der Waals surface area contributed by atoms with Crippen LogP contribution in [0.1, 0.15) is 35.3 Å². The lowest BCUT2D eigenvalue weighted by atomic mass is 10.1. The van der Waals surface area contributed by atoms with Gasteiger partial charge in [0.15, 0.2) is 0 Å². The Morgan fingerprint density at radius 1 is 1.24 bits per heavy atom. The standard InChI is InChI=1S/C19H22N2O3S/c1-4-14-6-5-7-17(11-14)20-19(22)15-8-9-18-16(12-15)10-13(2)21(18)25(3,23)24/h5-9,11-13H,4,10H2,1-3H3,(H,20,22)/t13-/m1/s1. The third kappa shape index (κ3) is 3.54. The van der Waals surface area contributed by atoms with Crippen LogP contribution < -0.4 is 9.62 Å². The largest absolute Gasteiger partial charge is 0.322 e. The van der Waals surface area contributed by atoms with E-state index >= 15 is 0 Å². The lowest BCUT2D eigenvalue weighted by molar-refractivity contribution is 0.102. The number of rotatable bonds is 4. The van der Waals surface area contributed by atoms with E-state index in [1.54, 1.807) is 18.2 Å². The highest BCUT2D eigenvalue weighted by Crippen LogP contribution is 2.34. The molecule has 0 saturated heterocycles. The summed E-state index contributed by atoms with van der Waals surface area (Å²) in [5.74, 6) is -0.193. The van der Waals surface area contributed by atoms with E-state index in [2.05, 4.69) is 12.2 Å². The second kappa shape index (κ2) is 6.52. The number of nitrogens with one attached hydrogen (secondary N) is 1. The Labute approximate surface area is 148 Å². The third-order valence-corrected chi connectivity index (χ3v) is 5.72. The van der Waals surface area contributed by atoms with Gasteiger partial charge in [0, 0.05) is 17.3 Å². The number of hydrogen-bond acceptors (Lipinski definition) is 3. The lowest BCUT2D eigenvalue weighted by Crippen LogP contribution is -2.34. The highest BCUT2D eigenvalue weighted by atomic mass is 32.2.